The number of amides is 2. The minimum atomic E-state index is -0.616. The summed E-state index contributed by atoms with van der Waals surface area (Å²) >= 11 is 1.23. The van der Waals surface area contributed by atoms with Crippen LogP contribution in [0.2, 0.25) is 0 Å². The van der Waals surface area contributed by atoms with Gasteiger partial charge in [-0.25, -0.2) is 9.69 Å². The monoisotopic (exact) mass is 513 g/mol. The van der Waals surface area contributed by atoms with Gasteiger partial charge < -0.3 is 9.47 Å². The highest BCUT2D eigenvalue weighted by Crippen LogP contribution is 2.43. The van der Waals surface area contributed by atoms with Gasteiger partial charge in [-0.05, 0) is 35.7 Å². The number of thiophene rings is 1. The predicted octanol–water partition coefficient (Wildman–Crippen LogP) is 5.86. The molecular formula is C30H27NO5S. The van der Waals surface area contributed by atoms with E-state index in [4.69, 9.17) is 9.47 Å². The molecule has 1 aromatic heterocycles. The Hall–Kier alpha value is -4.23. The van der Waals surface area contributed by atoms with Crippen molar-refractivity contribution < 1.29 is 23.9 Å². The van der Waals surface area contributed by atoms with E-state index in [1.165, 1.54) is 18.4 Å². The molecule has 0 atom stereocenters. The number of imide groups is 1. The van der Waals surface area contributed by atoms with Crippen LogP contribution < -0.4 is 9.64 Å². The zero-order chi connectivity index (χ0) is 26.4. The van der Waals surface area contributed by atoms with Crippen molar-refractivity contribution in [1.82, 2.24) is 0 Å². The van der Waals surface area contributed by atoms with Crippen molar-refractivity contribution in [3.63, 3.8) is 0 Å². The number of hydrogen-bond acceptors (Lipinski definition) is 6. The van der Waals surface area contributed by atoms with Gasteiger partial charge >= 0.3 is 5.97 Å². The Morgan fingerprint density at radius 2 is 1.27 bits per heavy atom. The fourth-order valence-corrected chi connectivity index (χ4v) is 5.34. The SMILES string of the molecule is COC(=O)c1c(N(C(=O)Cc2ccccc2)C(=O)Cc2ccccc2)sc(C)c1-c1ccc(OC)cc1. The van der Waals surface area contributed by atoms with Gasteiger partial charge in [0.25, 0.3) is 0 Å². The van der Waals surface area contributed by atoms with Crippen molar-refractivity contribution >= 4 is 34.1 Å². The van der Waals surface area contributed by atoms with E-state index in [0.717, 1.165) is 26.5 Å². The largest absolute Gasteiger partial charge is 0.497 e. The molecule has 7 heteroatoms. The Labute approximate surface area is 220 Å². The number of carbonyl (C=O) groups excluding carboxylic acids is 3. The molecule has 0 radical (unpaired) electrons. The molecule has 0 spiro atoms. The molecule has 2 amide bonds. The quantitative estimate of drug-likeness (QED) is 0.276. The molecule has 3 aromatic carbocycles. The lowest BCUT2D eigenvalue weighted by Crippen LogP contribution is -2.39. The van der Waals surface area contributed by atoms with E-state index in [1.54, 1.807) is 19.2 Å². The third kappa shape index (κ3) is 5.78. The molecule has 0 aliphatic carbocycles. The average Bonchev–Trinajstić information content (AvgIpc) is 3.25. The van der Waals surface area contributed by atoms with Crippen LogP contribution in [0.5, 0.6) is 5.75 Å². The molecule has 4 aromatic rings. The maximum Gasteiger partial charge on any atom is 0.341 e. The molecule has 0 saturated heterocycles. The van der Waals surface area contributed by atoms with Gasteiger partial charge in [0.05, 0.1) is 27.1 Å². The molecule has 4 rings (SSSR count). The Morgan fingerprint density at radius 1 is 0.757 bits per heavy atom. The van der Waals surface area contributed by atoms with Crippen molar-refractivity contribution in [3.8, 4) is 16.9 Å². The maximum absolute atomic E-state index is 13.7. The minimum Gasteiger partial charge on any atom is -0.497 e. The van der Waals surface area contributed by atoms with Gasteiger partial charge in [-0.1, -0.05) is 72.8 Å². The van der Waals surface area contributed by atoms with E-state index in [2.05, 4.69) is 0 Å². The van der Waals surface area contributed by atoms with Crippen molar-refractivity contribution in [2.75, 3.05) is 19.1 Å². The number of esters is 1. The smallest absolute Gasteiger partial charge is 0.341 e. The van der Waals surface area contributed by atoms with Crippen molar-refractivity contribution in [2.24, 2.45) is 0 Å². The second kappa shape index (κ2) is 11.7. The summed E-state index contributed by atoms with van der Waals surface area (Å²) in [6.45, 7) is 1.86. The summed E-state index contributed by atoms with van der Waals surface area (Å²) in [7, 11) is 2.87. The van der Waals surface area contributed by atoms with Crippen LogP contribution in [0.4, 0.5) is 5.00 Å². The second-order valence-corrected chi connectivity index (χ2v) is 9.58. The van der Waals surface area contributed by atoms with Crippen LogP contribution in [0.25, 0.3) is 11.1 Å². The summed E-state index contributed by atoms with van der Waals surface area (Å²) in [5, 5.41) is 0.261. The number of anilines is 1. The van der Waals surface area contributed by atoms with E-state index in [-0.39, 0.29) is 23.4 Å². The lowest BCUT2D eigenvalue weighted by molar-refractivity contribution is -0.125. The summed E-state index contributed by atoms with van der Waals surface area (Å²) in [5.41, 5.74) is 3.12. The molecule has 0 N–H and O–H groups in total. The molecule has 0 bridgehead atoms. The van der Waals surface area contributed by atoms with Crippen LogP contribution in [-0.2, 0) is 27.2 Å². The highest BCUT2D eigenvalue weighted by atomic mass is 32.1. The molecule has 0 fully saturated rings. The number of carbonyl (C=O) groups is 3. The number of rotatable bonds is 8. The molecule has 0 saturated carbocycles. The minimum absolute atomic E-state index is 0.0107. The molecule has 0 aliphatic heterocycles. The van der Waals surface area contributed by atoms with Gasteiger partial charge in [0.2, 0.25) is 11.8 Å². The van der Waals surface area contributed by atoms with Gasteiger partial charge in [0, 0.05) is 10.4 Å². The third-order valence-corrected chi connectivity index (χ3v) is 7.02. The second-order valence-electron chi connectivity index (χ2n) is 8.38. The molecule has 0 aliphatic rings. The number of hydrogen-bond donors (Lipinski definition) is 0. The number of aryl methyl sites for hydroxylation is 1. The van der Waals surface area contributed by atoms with E-state index >= 15 is 0 Å². The first-order chi connectivity index (χ1) is 17.9. The topological polar surface area (TPSA) is 72.9 Å². The van der Waals surface area contributed by atoms with E-state index < -0.39 is 17.8 Å². The lowest BCUT2D eigenvalue weighted by atomic mass is 10.0. The maximum atomic E-state index is 13.7. The lowest BCUT2D eigenvalue weighted by Gasteiger charge is -2.21. The molecule has 0 unspecified atom stereocenters. The normalized spacial score (nSPS) is 10.6. The zero-order valence-electron chi connectivity index (χ0n) is 20.9. The summed E-state index contributed by atoms with van der Waals surface area (Å²) in [4.78, 5) is 42.5. The van der Waals surface area contributed by atoms with Crippen LogP contribution in [0.15, 0.2) is 84.9 Å². The standard InChI is InChI=1S/C30H27NO5S/c1-20-27(23-14-16-24(35-2)17-15-23)28(30(34)36-3)29(37-20)31(25(32)18-21-10-6-4-7-11-21)26(33)19-22-12-8-5-9-13-22/h4-17H,18-19H2,1-3H3. The van der Waals surface area contributed by atoms with Gasteiger partial charge in [0.15, 0.2) is 0 Å². The van der Waals surface area contributed by atoms with Crippen molar-refractivity contribution in [1.29, 1.82) is 0 Å². The molecule has 188 valence electrons. The van der Waals surface area contributed by atoms with E-state index in [1.807, 2.05) is 79.7 Å². The molecule has 1 heterocycles. The highest BCUT2D eigenvalue weighted by molar-refractivity contribution is 7.17. The number of methoxy groups -OCH3 is 2. The van der Waals surface area contributed by atoms with Crippen LogP contribution in [0, 0.1) is 6.92 Å². The van der Waals surface area contributed by atoms with Crippen LogP contribution in [0.3, 0.4) is 0 Å². The summed E-state index contributed by atoms with van der Waals surface area (Å²) < 4.78 is 10.4. The van der Waals surface area contributed by atoms with E-state index in [0.29, 0.717) is 11.3 Å². The first-order valence-electron chi connectivity index (χ1n) is 11.7. The van der Waals surface area contributed by atoms with Gasteiger partial charge in [0.1, 0.15) is 16.3 Å². The van der Waals surface area contributed by atoms with E-state index in [9.17, 15) is 14.4 Å². The summed E-state index contributed by atoms with van der Waals surface area (Å²) in [5.74, 6) is -0.774. The highest BCUT2D eigenvalue weighted by Gasteiger charge is 2.33. The predicted molar refractivity (Wildman–Crippen MR) is 145 cm³/mol. The van der Waals surface area contributed by atoms with Gasteiger partial charge in [-0.15, -0.1) is 11.3 Å². The zero-order valence-corrected chi connectivity index (χ0v) is 21.7. The Balaban J connectivity index is 1.84. The van der Waals surface area contributed by atoms with Crippen molar-refractivity contribution in [2.45, 2.75) is 19.8 Å². The van der Waals surface area contributed by atoms with Gasteiger partial charge in [-0.3, -0.25) is 9.59 Å². The van der Waals surface area contributed by atoms with Gasteiger partial charge in [-0.2, -0.15) is 0 Å². The Bertz CT molecular complexity index is 1340. The number of ether oxygens (including phenoxy) is 2. The first kappa shape index (κ1) is 25.9. The van der Waals surface area contributed by atoms with Crippen LogP contribution >= 0.6 is 11.3 Å². The average molecular weight is 514 g/mol. The number of nitrogens with zero attached hydrogens (tertiary/aromatic N) is 1. The summed E-state index contributed by atoms with van der Waals surface area (Å²) in [6.07, 6.45) is 0.0214. The number of benzene rings is 3. The Morgan fingerprint density at radius 3 is 1.73 bits per heavy atom. The fourth-order valence-electron chi connectivity index (χ4n) is 4.15. The van der Waals surface area contributed by atoms with Crippen LogP contribution in [0.1, 0.15) is 26.4 Å². The Kier molecular flexibility index (Phi) is 8.15. The molecule has 37 heavy (non-hydrogen) atoms. The first-order valence-corrected chi connectivity index (χ1v) is 12.5. The fraction of sp³-hybridized carbons (Fsp3) is 0.167. The molecule has 6 nitrogen and oxygen atoms in total. The van der Waals surface area contributed by atoms with Crippen molar-refractivity contribution in [3.05, 3.63) is 106 Å². The third-order valence-electron chi connectivity index (χ3n) is 5.93. The van der Waals surface area contributed by atoms with Crippen LogP contribution in [-0.4, -0.2) is 32.0 Å². The molecular weight excluding hydrogens is 486 g/mol. The summed E-state index contributed by atoms with van der Waals surface area (Å²) in [6, 6.07) is 25.7.